The summed E-state index contributed by atoms with van der Waals surface area (Å²) in [6, 6.07) is 16.3. The Hall–Kier alpha value is -2.95. The van der Waals surface area contributed by atoms with Crippen molar-refractivity contribution in [3.05, 3.63) is 83.9 Å². The number of para-hydroxylation sites is 1. The lowest BCUT2D eigenvalue weighted by Gasteiger charge is -2.05. The van der Waals surface area contributed by atoms with E-state index in [2.05, 4.69) is 10.4 Å². The smallest absolute Gasteiger partial charge is 0.220 e. The van der Waals surface area contributed by atoms with Crippen molar-refractivity contribution in [1.82, 2.24) is 15.1 Å². The van der Waals surface area contributed by atoms with E-state index in [9.17, 15) is 9.18 Å². The number of nitrogens with one attached hydrogen (secondary N) is 1. The van der Waals surface area contributed by atoms with Crippen molar-refractivity contribution in [2.75, 3.05) is 6.54 Å². The minimum Gasteiger partial charge on any atom is -0.356 e. The van der Waals surface area contributed by atoms with Crippen molar-refractivity contribution >= 4 is 5.91 Å². The summed E-state index contributed by atoms with van der Waals surface area (Å²) >= 11 is 0. The molecule has 0 aliphatic carbocycles. The number of carbonyl (C=O) groups excluding carboxylic acids is 1. The van der Waals surface area contributed by atoms with Gasteiger partial charge in [0.25, 0.3) is 0 Å². The molecule has 1 heterocycles. The quantitative estimate of drug-likeness (QED) is 0.719. The minimum absolute atomic E-state index is 0.0103. The summed E-state index contributed by atoms with van der Waals surface area (Å²) < 4.78 is 14.9. The van der Waals surface area contributed by atoms with E-state index >= 15 is 0 Å². The number of carbonyl (C=O) groups is 1. The Morgan fingerprint density at radius 2 is 1.88 bits per heavy atom. The van der Waals surface area contributed by atoms with Crippen molar-refractivity contribution in [1.29, 1.82) is 0 Å². The Morgan fingerprint density at radius 3 is 2.68 bits per heavy atom. The molecule has 0 spiro atoms. The number of benzene rings is 2. The standard InChI is InChI=1S/C20H20FN3O/c21-18-6-4-5-16(13-18)11-12-22-20(25)10-9-17-14-23-24(15-17)19-7-2-1-3-8-19/h1-8,13-15H,9-12H2,(H,22,25). The zero-order chi connectivity index (χ0) is 17.5. The molecule has 1 aromatic heterocycles. The topological polar surface area (TPSA) is 46.9 Å². The van der Waals surface area contributed by atoms with Gasteiger partial charge in [0.05, 0.1) is 11.9 Å². The molecule has 1 amide bonds. The summed E-state index contributed by atoms with van der Waals surface area (Å²) in [6.07, 6.45) is 5.39. The van der Waals surface area contributed by atoms with Crippen LogP contribution in [0.5, 0.6) is 0 Å². The predicted octanol–water partition coefficient (Wildman–Crippen LogP) is 3.30. The van der Waals surface area contributed by atoms with Crippen molar-refractivity contribution in [3.63, 3.8) is 0 Å². The second kappa shape index (κ2) is 8.24. The number of hydrogen-bond acceptors (Lipinski definition) is 2. The molecule has 128 valence electrons. The molecule has 0 unspecified atom stereocenters. The minimum atomic E-state index is -0.251. The lowest BCUT2D eigenvalue weighted by molar-refractivity contribution is -0.121. The van der Waals surface area contributed by atoms with Gasteiger partial charge in [-0.3, -0.25) is 4.79 Å². The maximum atomic E-state index is 13.1. The van der Waals surface area contributed by atoms with Crippen molar-refractivity contribution in [2.24, 2.45) is 0 Å². The molecule has 0 fully saturated rings. The number of hydrogen-bond donors (Lipinski definition) is 1. The van der Waals surface area contributed by atoms with E-state index in [1.807, 2.05) is 42.6 Å². The Bertz CT molecular complexity index is 830. The third-order valence-electron chi connectivity index (χ3n) is 3.92. The molecular weight excluding hydrogens is 317 g/mol. The second-order valence-electron chi connectivity index (χ2n) is 5.86. The SMILES string of the molecule is O=C(CCc1cnn(-c2ccccc2)c1)NCCc1cccc(F)c1. The van der Waals surface area contributed by atoms with Crippen LogP contribution in [0, 0.1) is 5.82 Å². The Kier molecular flexibility index (Phi) is 5.57. The van der Waals surface area contributed by atoms with Gasteiger partial charge in [-0.15, -0.1) is 0 Å². The maximum Gasteiger partial charge on any atom is 0.220 e. The zero-order valence-electron chi connectivity index (χ0n) is 13.9. The summed E-state index contributed by atoms with van der Waals surface area (Å²) in [4.78, 5) is 11.9. The summed E-state index contributed by atoms with van der Waals surface area (Å²) in [5.74, 6) is -0.261. The molecule has 0 saturated heterocycles. The predicted molar refractivity (Wildman–Crippen MR) is 95.0 cm³/mol. The normalized spacial score (nSPS) is 10.6. The van der Waals surface area contributed by atoms with Gasteiger partial charge in [0, 0.05) is 19.2 Å². The summed E-state index contributed by atoms with van der Waals surface area (Å²) in [7, 11) is 0. The van der Waals surface area contributed by atoms with Crippen LogP contribution in [0.2, 0.25) is 0 Å². The van der Waals surface area contributed by atoms with E-state index in [0.717, 1.165) is 16.8 Å². The molecule has 0 aliphatic heterocycles. The van der Waals surface area contributed by atoms with Gasteiger partial charge in [0.1, 0.15) is 5.82 Å². The molecule has 0 radical (unpaired) electrons. The van der Waals surface area contributed by atoms with Gasteiger partial charge in [-0.05, 0) is 48.2 Å². The summed E-state index contributed by atoms with van der Waals surface area (Å²) in [5.41, 5.74) is 2.89. The van der Waals surface area contributed by atoms with E-state index in [1.54, 1.807) is 16.9 Å². The molecule has 3 aromatic rings. The van der Waals surface area contributed by atoms with E-state index in [-0.39, 0.29) is 11.7 Å². The van der Waals surface area contributed by atoms with Crippen LogP contribution in [0.4, 0.5) is 4.39 Å². The Labute approximate surface area is 146 Å². The highest BCUT2D eigenvalue weighted by Crippen LogP contribution is 2.09. The fraction of sp³-hybridized carbons (Fsp3) is 0.200. The van der Waals surface area contributed by atoms with Gasteiger partial charge in [-0.1, -0.05) is 30.3 Å². The molecule has 0 atom stereocenters. The van der Waals surface area contributed by atoms with Crippen LogP contribution < -0.4 is 5.32 Å². The number of amides is 1. The van der Waals surface area contributed by atoms with Gasteiger partial charge < -0.3 is 5.32 Å². The van der Waals surface area contributed by atoms with Gasteiger partial charge >= 0.3 is 0 Å². The van der Waals surface area contributed by atoms with Crippen LogP contribution in [0.15, 0.2) is 67.0 Å². The van der Waals surface area contributed by atoms with Crippen LogP contribution in [0.25, 0.3) is 5.69 Å². The Balaban J connectivity index is 1.43. The first kappa shape index (κ1) is 16.9. The number of halogens is 1. The fourth-order valence-electron chi connectivity index (χ4n) is 2.60. The van der Waals surface area contributed by atoms with Crippen molar-refractivity contribution in [2.45, 2.75) is 19.3 Å². The maximum absolute atomic E-state index is 13.1. The average Bonchev–Trinajstić information content (AvgIpc) is 3.10. The monoisotopic (exact) mass is 337 g/mol. The first-order valence-corrected chi connectivity index (χ1v) is 8.31. The van der Waals surface area contributed by atoms with Crippen molar-refractivity contribution in [3.8, 4) is 5.69 Å². The van der Waals surface area contributed by atoms with Crippen LogP contribution >= 0.6 is 0 Å². The highest BCUT2D eigenvalue weighted by Gasteiger charge is 2.05. The van der Waals surface area contributed by atoms with Crippen LogP contribution in [0.3, 0.4) is 0 Å². The number of aryl methyl sites for hydroxylation is 1. The zero-order valence-corrected chi connectivity index (χ0v) is 13.9. The highest BCUT2D eigenvalue weighted by atomic mass is 19.1. The van der Waals surface area contributed by atoms with E-state index in [1.165, 1.54) is 12.1 Å². The third kappa shape index (κ3) is 5.01. The molecule has 2 aromatic carbocycles. The van der Waals surface area contributed by atoms with Gasteiger partial charge in [-0.2, -0.15) is 5.10 Å². The Morgan fingerprint density at radius 1 is 1.04 bits per heavy atom. The molecular formula is C20H20FN3O. The molecule has 25 heavy (non-hydrogen) atoms. The largest absolute Gasteiger partial charge is 0.356 e. The van der Waals surface area contributed by atoms with Crippen LogP contribution in [0.1, 0.15) is 17.5 Å². The molecule has 0 saturated carbocycles. The molecule has 5 heteroatoms. The van der Waals surface area contributed by atoms with Gasteiger partial charge in [0.2, 0.25) is 5.91 Å². The third-order valence-corrected chi connectivity index (χ3v) is 3.92. The van der Waals surface area contributed by atoms with Gasteiger partial charge in [-0.25, -0.2) is 9.07 Å². The van der Waals surface area contributed by atoms with E-state index < -0.39 is 0 Å². The number of aromatic nitrogens is 2. The average molecular weight is 337 g/mol. The first-order chi connectivity index (χ1) is 12.2. The molecule has 4 nitrogen and oxygen atoms in total. The molecule has 0 aliphatic rings. The second-order valence-corrected chi connectivity index (χ2v) is 5.86. The van der Waals surface area contributed by atoms with Crippen LogP contribution in [-0.2, 0) is 17.6 Å². The van der Waals surface area contributed by atoms with Gasteiger partial charge in [0.15, 0.2) is 0 Å². The van der Waals surface area contributed by atoms with Crippen molar-refractivity contribution < 1.29 is 9.18 Å². The van der Waals surface area contributed by atoms with E-state index in [0.29, 0.717) is 25.8 Å². The first-order valence-electron chi connectivity index (χ1n) is 8.31. The number of nitrogens with zero attached hydrogens (tertiary/aromatic N) is 2. The fourth-order valence-corrected chi connectivity index (χ4v) is 2.60. The summed E-state index contributed by atoms with van der Waals surface area (Å²) in [5, 5.41) is 7.19. The molecule has 0 bridgehead atoms. The highest BCUT2D eigenvalue weighted by molar-refractivity contribution is 5.76. The lowest BCUT2D eigenvalue weighted by Crippen LogP contribution is -2.25. The molecule has 1 N–H and O–H groups in total. The van der Waals surface area contributed by atoms with Crippen LogP contribution in [-0.4, -0.2) is 22.2 Å². The molecule has 3 rings (SSSR count). The lowest BCUT2D eigenvalue weighted by atomic mass is 10.1. The van der Waals surface area contributed by atoms with E-state index in [4.69, 9.17) is 0 Å². The number of rotatable bonds is 7. The summed E-state index contributed by atoms with van der Waals surface area (Å²) in [6.45, 7) is 0.506.